The van der Waals surface area contributed by atoms with Crippen LogP contribution >= 0.6 is 11.3 Å². The van der Waals surface area contributed by atoms with Crippen LogP contribution in [0, 0.1) is 13.8 Å². The Kier molecular flexibility index (Phi) is 4.79. The van der Waals surface area contributed by atoms with E-state index in [1.165, 1.54) is 16.0 Å². The molecule has 0 amide bonds. The number of nitrogens with one attached hydrogen (secondary N) is 1. The molecule has 0 aliphatic carbocycles. The highest BCUT2D eigenvalue weighted by molar-refractivity contribution is 7.09. The number of benzene rings is 1. The first kappa shape index (κ1) is 13.1. The Morgan fingerprint density at radius 2 is 2.11 bits per heavy atom. The minimum absolute atomic E-state index is 0.704. The molecule has 0 fully saturated rings. The third-order valence-corrected chi connectivity index (χ3v) is 3.62. The molecule has 96 valence electrons. The highest BCUT2D eigenvalue weighted by atomic mass is 32.1. The molecule has 1 heterocycles. The summed E-state index contributed by atoms with van der Waals surface area (Å²) in [5.41, 5.74) is 2.48. The van der Waals surface area contributed by atoms with Gasteiger partial charge in [-0.05, 0) is 36.9 Å². The molecule has 0 unspecified atom stereocenters. The zero-order valence-electron chi connectivity index (χ0n) is 10.9. The van der Waals surface area contributed by atoms with Crippen LogP contribution in [-0.2, 0) is 6.54 Å². The summed E-state index contributed by atoms with van der Waals surface area (Å²) in [5, 5.41) is 5.47. The van der Waals surface area contributed by atoms with Gasteiger partial charge in [-0.25, -0.2) is 0 Å². The van der Waals surface area contributed by atoms with E-state index in [1.54, 1.807) is 11.3 Å². The zero-order chi connectivity index (χ0) is 12.8. The molecular weight excluding hydrogens is 242 g/mol. The van der Waals surface area contributed by atoms with Crippen molar-refractivity contribution in [2.24, 2.45) is 0 Å². The summed E-state index contributed by atoms with van der Waals surface area (Å²) in [4.78, 5) is 1.36. The lowest BCUT2D eigenvalue weighted by Crippen LogP contribution is -2.20. The fourth-order valence-corrected chi connectivity index (χ4v) is 2.49. The molecule has 0 saturated heterocycles. The SMILES string of the molecule is Cc1ccc(OCCNCc2cccs2)c(C)c1. The first-order chi connectivity index (χ1) is 8.75. The number of hydrogen-bond acceptors (Lipinski definition) is 3. The maximum absolute atomic E-state index is 5.75. The van der Waals surface area contributed by atoms with Crippen molar-refractivity contribution in [2.45, 2.75) is 20.4 Å². The van der Waals surface area contributed by atoms with E-state index in [0.717, 1.165) is 18.8 Å². The Balaban J connectivity index is 1.69. The molecule has 0 aliphatic rings. The molecule has 2 nitrogen and oxygen atoms in total. The Morgan fingerprint density at radius 1 is 1.22 bits per heavy atom. The summed E-state index contributed by atoms with van der Waals surface area (Å²) < 4.78 is 5.75. The van der Waals surface area contributed by atoms with Crippen LogP contribution in [0.1, 0.15) is 16.0 Å². The average molecular weight is 261 g/mol. The Morgan fingerprint density at radius 3 is 2.83 bits per heavy atom. The van der Waals surface area contributed by atoms with Gasteiger partial charge in [0.2, 0.25) is 0 Å². The van der Waals surface area contributed by atoms with Gasteiger partial charge in [-0.1, -0.05) is 23.8 Å². The van der Waals surface area contributed by atoms with Crippen LogP contribution in [0.5, 0.6) is 5.75 Å². The largest absolute Gasteiger partial charge is 0.492 e. The van der Waals surface area contributed by atoms with Crippen LogP contribution in [-0.4, -0.2) is 13.2 Å². The summed E-state index contributed by atoms with van der Waals surface area (Å²) in [6, 6.07) is 10.5. The van der Waals surface area contributed by atoms with Gasteiger partial charge >= 0.3 is 0 Å². The smallest absolute Gasteiger partial charge is 0.122 e. The molecule has 0 saturated carbocycles. The zero-order valence-corrected chi connectivity index (χ0v) is 11.7. The van der Waals surface area contributed by atoms with Crippen LogP contribution in [0.2, 0.25) is 0 Å². The first-order valence-electron chi connectivity index (χ1n) is 6.19. The summed E-state index contributed by atoms with van der Waals surface area (Å²) in [7, 11) is 0. The lowest BCUT2D eigenvalue weighted by molar-refractivity contribution is 0.312. The van der Waals surface area contributed by atoms with Crippen LogP contribution in [0.3, 0.4) is 0 Å². The molecule has 3 heteroatoms. The van der Waals surface area contributed by atoms with Crippen molar-refractivity contribution in [3.63, 3.8) is 0 Å². The van der Waals surface area contributed by atoms with Crippen LogP contribution < -0.4 is 10.1 Å². The third kappa shape index (κ3) is 3.86. The number of thiophene rings is 1. The lowest BCUT2D eigenvalue weighted by atomic mass is 10.1. The molecule has 2 aromatic rings. The van der Waals surface area contributed by atoms with Crippen LogP contribution in [0.15, 0.2) is 35.7 Å². The number of rotatable bonds is 6. The second-order valence-corrected chi connectivity index (χ2v) is 5.41. The van der Waals surface area contributed by atoms with Gasteiger partial charge in [0.1, 0.15) is 12.4 Å². The van der Waals surface area contributed by atoms with Crippen molar-refractivity contribution in [3.05, 3.63) is 51.7 Å². The Bertz CT molecular complexity index is 479. The maximum Gasteiger partial charge on any atom is 0.122 e. The quantitative estimate of drug-likeness (QED) is 0.803. The van der Waals surface area contributed by atoms with E-state index in [9.17, 15) is 0 Å². The molecule has 18 heavy (non-hydrogen) atoms. The van der Waals surface area contributed by atoms with Gasteiger partial charge in [0.05, 0.1) is 0 Å². The normalized spacial score (nSPS) is 10.6. The number of ether oxygens (including phenoxy) is 1. The van der Waals surface area contributed by atoms with E-state index in [4.69, 9.17) is 4.74 Å². The van der Waals surface area contributed by atoms with Gasteiger partial charge in [0, 0.05) is 18.0 Å². The fraction of sp³-hybridized carbons (Fsp3) is 0.333. The van der Waals surface area contributed by atoms with E-state index in [1.807, 2.05) is 6.07 Å². The van der Waals surface area contributed by atoms with Crippen molar-refractivity contribution >= 4 is 11.3 Å². The molecule has 0 atom stereocenters. The molecular formula is C15H19NOS. The standard InChI is InChI=1S/C15H19NOS/c1-12-5-6-15(13(2)10-12)17-8-7-16-11-14-4-3-9-18-14/h3-6,9-10,16H,7-8,11H2,1-2H3. The predicted octanol–water partition coefficient (Wildman–Crippen LogP) is 3.53. The van der Waals surface area contributed by atoms with E-state index in [-0.39, 0.29) is 0 Å². The van der Waals surface area contributed by atoms with E-state index in [2.05, 4.69) is 48.8 Å². The Labute approximate surface area is 113 Å². The highest BCUT2D eigenvalue weighted by Crippen LogP contribution is 2.18. The third-order valence-electron chi connectivity index (χ3n) is 2.75. The first-order valence-corrected chi connectivity index (χ1v) is 7.07. The molecule has 2 rings (SSSR count). The molecule has 1 aromatic carbocycles. The Hall–Kier alpha value is -1.32. The monoisotopic (exact) mass is 261 g/mol. The van der Waals surface area contributed by atoms with Gasteiger partial charge in [-0.3, -0.25) is 0 Å². The second-order valence-electron chi connectivity index (χ2n) is 4.37. The van der Waals surface area contributed by atoms with Crippen molar-refractivity contribution in [1.29, 1.82) is 0 Å². The van der Waals surface area contributed by atoms with Crippen molar-refractivity contribution in [1.82, 2.24) is 5.32 Å². The van der Waals surface area contributed by atoms with Gasteiger partial charge in [0.15, 0.2) is 0 Å². The fourth-order valence-electron chi connectivity index (χ4n) is 1.82. The van der Waals surface area contributed by atoms with Crippen molar-refractivity contribution in [2.75, 3.05) is 13.2 Å². The van der Waals surface area contributed by atoms with Gasteiger partial charge in [-0.15, -0.1) is 11.3 Å². The minimum atomic E-state index is 0.704. The summed E-state index contributed by atoms with van der Waals surface area (Å²) in [6.45, 7) is 6.68. The van der Waals surface area contributed by atoms with Crippen LogP contribution in [0.4, 0.5) is 0 Å². The average Bonchev–Trinajstić information content (AvgIpc) is 2.84. The number of hydrogen-bond donors (Lipinski definition) is 1. The summed E-state index contributed by atoms with van der Waals surface area (Å²) >= 11 is 1.78. The maximum atomic E-state index is 5.75. The van der Waals surface area contributed by atoms with Crippen molar-refractivity contribution in [3.8, 4) is 5.75 Å². The molecule has 0 spiro atoms. The molecule has 1 aromatic heterocycles. The summed E-state index contributed by atoms with van der Waals surface area (Å²) in [5.74, 6) is 0.985. The lowest BCUT2D eigenvalue weighted by Gasteiger charge is -2.10. The van der Waals surface area contributed by atoms with Crippen LogP contribution in [0.25, 0.3) is 0 Å². The van der Waals surface area contributed by atoms with E-state index < -0.39 is 0 Å². The van der Waals surface area contributed by atoms with E-state index >= 15 is 0 Å². The second kappa shape index (κ2) is 6.57. The molecule has 1 N–H and O–H groups in total. The minimum Gasteiger partial charge on any atom is -0.492 e. The number of aryl methyl sites for hydroxylation is 2. The molecule has 0 bridgehead atoms. The van der Waals surface area contributed by atoms with Gasteiger partial charge in [-0.2, -0.15) is 0 Å². The topological polar surface area (TPSA) is 21.3 Å². The summed E-state index contributed by atoms with van der Waals surface area (Å²) in [6.07, 6.45) is 0. The molecule has 0 aliphatic heterocycles. The van der Waals surface area contributed by atoms with E-state index in [0.29, 0.717) is 6.61 Å². The predicted molar refractivity (Wildman–Crippen MR) is 77.4 cm³/mol. The van der Waals surface area contributed by atoms with Gasteiger partial charge < -0.3 is 10.1 Å². The highest BCUT2D eigenvalue weighted by Gasteiger charge is 1.99. The molecule has 0 radical (unpaired) electrons. The van der Waals surface area contributed by atoms with Gasteiger partial charge in [0.25, 0.3) is 0 Å². The van der Waals surface area contributed by atoms with Crippen molar-refractivity contribution < 1.29 is 4.74 Å².